The van der Waals surface area contributed by atoms with Crippen molar-refractivity contribution in [1.29, 1.82) is 0 Å². The Hall–Kier alpha value is -3.29. The van der Waals surface area contributed by atoms with Crippen molar-refractivity contribution in [1.82, 2.24) is 25.5 Å². The molecule has 2 aromatic rings. The number of Topliss-reactive ketones (excluding diaryl/α,β-unsaturated/α-hetero) is 1. The maximum atomic E-state index is 13.3. The van der Waals surface area contributed by atoms with Crippen molar-refractivity contribution in [3.05, 3.63) is 43.2 Å². The number of thiazole rings is 1. The molecule has 4 amide bonds. The van der Waals surface area contributed by atoms with Gasteiger partial charge in [0.2, 0.25) is 17.6 Å². The molecule has 0 saturated heterocycles. The number of ketones is 1. The van der Waals surface area contributed by atoms with Crippen molar-refractivity contribution in [3.63, 3.8) is 0 Å². The van der Waals surface area contributed by atoms with Gasteiger partial charge in [0.1, 0.15) is 22.6 Å². The molecule has 15 heteroatoms. The van der Waals surface area contributed by atoms with E-state index in [-0.39, 0.29) is 58.1 Å². The number of hydrogen-bond acceptors (Lipinski definition) is 8. The van der Waals surface area contributed by atoms with Crippen LogP contribution in [0.15, 0.2) is 23.1 Å². The second-order valence-corrected chi connectivity index (χ2v) is 14.0. The Kier molecular flexibility index (Phi) is 10.1. The number of nitrogens with zero attached hydrogens (tertiary/aromatic N) is 2. The van der Waals surface area contributed by atoms with E-state index in [9.17, 15) is 28.8 Å². The summed E-state index contributed by atoms with van der Waals surface area (Å²) in [6.45, 7) is 1.69. The Morgan fingerprint density at radius 1 is 1.07 bits per heavy atom. The lowest BCUT2D eigenvalue weighted by Gasteiger charge is -2.54. The molecule has 2 heterocycles. The molecule has 0 radical (unpaired) electrons. The Morgan fingerprint density at radius 3 is 2.36 bits per heavy atom. The number of nitrogens with one attached hydrogen (secondary N) is 4. The number of amides is 4. The van der Waals surface area contributed by atoms with Gasteiger partial charge in [-0.25, -0.2) is 4.98 Å². The monoisotopic (exact) mass is 664 g/mol. The maximum Gasteiger partial charge on any atom is 0.287 e. The molecule has 4 N–H and O–H groups in total. The highest BCUT2D eigenvalue weighted by Crippen LogP contribution is 2.53. The van der Waals surface area contributed by atoms with Gasteiger partial charge < -0.3 is 25.8 Å². The van der Waals surface area contributed by atoms with Gasteiger partial charge in [0, 0.05) is 25.2 Å². The van der Waals surface area contributed by atoms with Crippen LogP contribution < -0.4 is 26.8 Å². The number of aromatic nitrogens is 2. The van der Waals surface area contributed by atoms with Crippen molar-refractivity contribution in [2.45, 2.75) is 70.5 Å². The fourth-order valence-electron chi connectivity index (χ4n) is 7.08. The van der Waals surface area contributed by atoms with E-state index in [0.717, 1.165) is 48.9 Å². The Morgan fingerprint density at radius 2 is 1.75 bits per heavy atom. The van der Waals surface area contributed by atoms with Crippen LogP contribution >= 0.6 is 34.5 Å². The minimum Gasteiger partial charge on any atom is -0.351 e. The first-order chi connectivity index (χ1) is 21.0. The highest BCUT2D eigenvalue weighted by Gasteiger charge is 2.48. The normalized spacial score (nSPS) is 23.9. The number of pyridine rings is 1. The van der Waals surface area contributed by atoms with Gasteiger partial charge >= 0.3 is 0 Å². The lowest BCUT2D eigenvalue weighted by Crippen LogP contribution is -2.56. The summed E-state index contributed by atoms with van der Waals surface area (Å²) in [5.41, 5.74) is -0.940. The SMILES string of the molecule is CCNC(=O)C(=O)CC[C@H](NC(=O)c1nc(Cl)sc1Cl)C(=O)Nc1cccn(CC(=O)NC2C3CC4CC(C3)CC2C4)c1=O. The molecular weight excluding hydrogens is 631 g/mol. The van der Waals surface area contributed by atoms with E-state index in [0.29, 0.717) is 11.8 Å². The van der Waals surface area contributed by atoms with Gasteiger partial charge in [-0.3, -0.25) is 28.8 Å². The highest BCUT2D eigenvalue weighted by atomic mass is 35.5. The summed E-state index contributed by atoms with van der Waals surface area (Å²) in [5.74, 6) is -0.982. The predicted molar refractivity (Wildman–Crippen MR) is 165 cm³/mol. The van der Waals surface area contributed by atoms with Crippen molar-refractivity contribution in [3.8, 4) is 0 Å². The van der Waals surface area contributed by atoms with Crippen LogP contribution in [-0.4, -0.2) is 57.6 Å². The number of carbonyl (C=O) groups is 5. The lowest BCUT2D eigenvalue weighted by molar-refractivity contribution is -0.138. The number of anilines is 1. The molecule has 4 bridgehead atoms. The quantitative estimate of drug-likeness (QED) is 0.253. The zero-order valence-electron chi connectivity index (χ0n) is 24.1. The molecular formula is C29H34Cl2N6O6S. The van der Waals surface area contributed by atoms with Crippen LogP contribution in [0.5, 0.6) is 0 Å². The molecule has 0 unspecified atom stereocenters. The number of carbonyl (C=O) groups excluding carboxylic acids is 5. The molecule has 4 saturated carbocycles. The van der Waals surface area contributed by atoms with Gasteiger partial charge in [-0.1, -0.05) is 34.5 Å². The molecule has 0 aliphatic heterocycles. The molecule has 4 aliphatic rings. The fourth-order valence-corrected chi connectivity index (χ4v) is 8.39. The third-order valence-corrected chi connectivity index (χ3v) is 10.2. The van der Waals surface area contributed by atoms with Crippen LogP contribution in [0.4, 0.5) is 5.69 Å². The van der Waals surface area contributed by atoms with E-state index in [1.54, 1.807) is 6.92 Å². The van der Waals surface area contributed by atoms with Gasteiger partial charge in [0.25, 0.3) is 17.4 Å². The first-order valence-corrected chi connectivity index (χ1v) is 16.3. The summed E-state index contributed by atoms with van der Waals surface area (Å²) in [5, 5.41) is 10.5. The van der Waals surface area contributed by atoms with Crippen LogP contribution in [0, 0.1) is 23.7 Å². The van der Waals surface area contributed by atoms with E-state index in [2.05, 4.69) is 26.3 Å². The van der Waals surface area contributed by atoms with Crippen molar-refractivity contribution in [2.75, 3.05) is 11.9 Å². The van der Waals surface area contributed by atoms with E-state index < -0.39 is 35.1 Å². The van der Waals surface area contributed by atoms with Gasteiger partial charge in [0.05, 0.1) is 0 Å². The standard InChI is InChI=1S/C29H34Cl2N6O6S/c1-2-32-26(41)20(38)6-5-18(33-27(42)23-24(30)44-29(31)36-23)25(40)34-19-4-3-7-37(28(19)43)13-21(39)35-22-16-9-14-8-15(11-16)12-17(22)10-14/h3-4,7,14-18,22H,2,5-6,8-13H2,1H3,(H,32,41)(H,33,42)(H,34,40)(H,35,39)/t14?,15?,16?,17?,18-,22?/m0/s1. The predicted octanol–water partition coefficient (Wildman–Crippen LogP) is 2.78. The van der Waals surface area contributed by atoms with E-state index in [1.807, 2.05) is 0 Å². The maximum absolute atomic E-state index is 13.3. The minimum absolute atomic E-state index is 0.00272. The van der Waals surface area contributed by atoms with Crippen LogP contribution in [0.25, 0.3) is 0 Å². The Balaban J connectivity index is 1.25. The van der Waals surface area contributed by atoms with Crippen LogP contribution in [0.1, 0.15) is 62.4 Å². The molecule has 0 aromatic carbocycles. The first kappa shape index (κ1) is 32.1. The van der Waals surface area contributed by atoms with E-state index >= 15 is 0 Å². The Bertz CT molecular complexity index is 1500. The second kappa shape index (κ2) is 13.8. The second-order valence-electron chi connectivity index (χ2n) is 11.8. The highest BCUT2D eigenvalue weighted by molar-refractivity contribution is 7.19. The summed E-state index contributed by atoms with van der Waals surface area (Å²) in [7, 11) is 0. The summed E-state index contributed by atoms with van der Waals surface area (Å²) in [4.78, 5) is 80.5. The summed E-state index contributed by atoms with van der Waals surface area (Å²) in [6.07, 6.45) is 6.75. The molecule has 4 fully saturated rings. The molecule has 236 valence electrons. The van der Waals surface area contributed by atoms with Crippen molar-refractivity contribution < 1.29 is 24.0 Å². The van der Waals surface area contributed by atoms with Gasteiger partial charge in [-0.2, -0.15) is 0 Å². The minimum atomic E-state index is -1.34. The molecule has 6 rings (SSSR count). The average Bonchev–Trinajstić information content (AvgIpc) is 3.32. The van der Waals surface area contributed by atoms with Crippen LogP contribution in [0.2, 0.25) is 8.80 Å². The molecule has 2 aromatic heterocycles. The summed E-state index contributed by atoms with van der Waals surface area (Å²) < 4.78 is 1.23. The largest absolute Gasteiger partial charge is 0.351 e. The van der Waals surface area contributed by atoms with Gasteiger partial charge in [0.15, 0.2) is 10.2 Å². The zero-order chi connectivity index (χ0) is 31.5. The third kappa shape index (κ3) is 7.32. The van der Waals surface area contributed by atoms with Crippen molar-refractivity contribution in [2.24, 2.45) is 23.7 Å². The topological polar surface area (TPSA) is 168 Å². The average molecular weight is 666 g/mol. The van der Waals surface area contributed by atoms with E-state index in [1.165, 1.54) is 29.3 Å². The van der Waals surface area contributed by atoms with Crippen LogP contribution in [0.3, 0.4) is 0 Å². The first-order valence-electron chi connectivity index (χ1n) is 14.8. The van der Waals surface area contributed by atoms with E-state index in [4.69, 9.17) is 23.2 Å². The smallest absolute Gasteiger partial charge is 0.287 e. The Labute approximate surface area is 267 Å². The summed E-state index contributed by atoms with van der Waals surface area (Å²) in [6, 6.07) is 1.69. The zero-order valence-corrected chi connectivity index (χ0v) is 26.4. The van der Waals surface area contributed by atoms with Crippen LogP contribution in [-0.2, 0) is 25.7 Å². The molecule has 4 aliphatic carbocycles. The van der Waals surface area contributed by atoms with Gasteiger partial charge in [-0.15, -0.1) is 0 Å². The fraction of sp³-hybridized carbons (Fsp3) is 0.552. The molecule has 1 atom stereocenters. The molecule has 0 spiro atoms. The number of likely N-dealkylation sites (N-methyl/N-ethyl adjacent to an activating group) is 1. The lowest BCUT2D eigenvalue weighted by atomic mass is 9.54. The number of rotatable bonds is 12. The van der Waals surface area contributed by atoms with Gasteiger partial charge in [-0.05, 0) is 81.3 Å². The van der Waals surface area contributed by atoms with Crippen molar-refractivity contribution >= 4 is 69.6 Å². The summed E-state index contributed by atoms with van der Waals surface area (Å²) >= 11 is 12.8. The molecule has 12 nitrogen and oxygen atoms in total. The number of hydrogen-bond donors (Lipinski definition) is 4. The molecule has 44 heavy (non-hydrogen) atoms. The number of halogens is 2. The third-order valence-electron chi connectivity index (χ3n) is 8.79.